The molecule has 3 aliphatic rings. The molecule has 0 spiro atoms. The third kappa shape index (κ3) is 1.57. The molecule has 0 heterocycles. The van der Waals surface area contributed by atoms with Gasteiger partial charge < -0.3 is 0 Å². The molecule has 100 valence electrons. The molecule has 4 unspecified atom stereocenters. The number of fused-ring (bicyclic) bond motifs is 5. The summed E-state index contributed by atoms with van der Waals surface area (Å²) in [6, 6.07) is 3.94. The molecule has 0 radical (unpaired) electrons. The number of rotatable bonds is 2. The molecule has 3 fully saturated rings. The van der Waals surface area contributed by atoms with Crippen LogP contribution in [-0.4, -0.2) is 5.78 Å². The smallest absolute Gasteiger partial charge is 0.168 e. The van der Waals surface area contributed by atoms with Crippen LogP contribution in [-0.2, 0) is 0 Å². The van der Waals surface area contributed by atoms with Crippen molar-refractivity contribution in [2.45, 2.75) is 33.1 Å². The van der Waals surface area contributed by atoms with Crippen LogP contribution < -0.4 is 0 Å². The summed E-state index contributed by atoms with van der Waals surface area (Å²) in [6.45, 7) is 4.10. The van der Waals surface area contributed by atoms with Gasteiger partial charge in [0.15, 0.2) is 5.78 Å². The maximum Gasteiger partial charge on any atom is 0.168 e. The third-order valence-corrected chi connectivity index (χ3v) is 6.20. The highest BCUT2D eigenvalue weighted by Crippen LogP contribution is 2.70. The van der Waals surface area contributed by atoms with Crippen LogP contribution >= 0.6 is 11.6 Å². The summed E-state index contributed by atoms with van der Waals surface area (Å²) in [6.07, 6.45) is 4.10. The summed E-state index contributed by atoms with van der Waals surface area (Å²) >= 11 is 6.29. The number of carbonyl (C=O) groups excluding carboxylic acids is 1. The molecule has 3 saturated carbocycles. The lowest BCUT2D eigenvalue weighted by Gasteiger charge is -2.11. The summed E-state index contributed by atoms with van der Waals surface area (Å²) in [4.78, 5) is 12.7. The zero-order valence-corrected chi connectivity index (χ0v) is 12.2. The van der Waals surface area contributed by atoms with Crippen molar-refractivity contribution in [2.75, 3.05) is 0 Å². The molecule has 0 saturated heterocycles. The number of ketones is 1. The largest absolute Gasteiger partial charge is 0.294 e. The van der Waals surface area contributed by atoms with Crippen molar-refractivity contribution in [3.8, 4) is 0 Å². The second-order valence-electron chi connectivity index (χ2n) is 6.79. The number of halogens is 1. The quantitative estimate of drug-likeness (QED) is 0.729. The predicted molar refractivity (Wildman–Crippen MR) is 76.6 cm³/mol. The SMILES string of the molecule is Cc1cc(Cl)c(C(=O)C2C3C4CCC(C4)C23)cc1C. The molecule has 0 aliphatic heterocycles. The van der Waals surface area contributed by atoms with Crippen molar-refractivity contribution in [2.24, 2.45) is 29.6 Å². The standard InChI is InChI=1S/C17H19ClO/c1-8-5-12(13(18)6-9(8)2)17(19)16-14-10-3-4-11(7-10)15(14)16/h5-6,10-11,14-16H,3-4,7H2,1-2H3. The first kappa shape index (κ1) is 12.0. The van der Waals surface area contributed by atoms with Crippen LogP contribution in [0, 0.1) is 43.4 Å². The first-order chi connectivity index (χ1) is 9.08. The fourth-order valence-electron chi connectivity index (χ4n) is 4.82. The van der Waals surface area contributed by atoms with Gasteiger partial charge in [0, 0.05) is 11.5 Å². The molecule has 0 amide bonds. The topological polar surface area (TPSA) is 17.1 Å². The molecule has 2 bridgehead atoms. The van der Waals surface area contributed by atoms with E-state index in [0.717, 1.165) is 23.0 Å². The Morgan fingerprint density at radius 1 is 1.11 bits per heavy atom. The van der Waals surface area contributed by atoms with Crippen LogP contribution in [0.3, 0.4) is 0 Å². The average molecular weight is 275 g/mol. The highest BCUT2D eigenvalue weighted by molar-refractivity contribution is 6.34. The van der Waals surface area contributed by atoms with E-state index in [1.54, 1.807) is 0 Å². The highest BCUT2D eigenvalue weighted by atomic mass is 35.5. The molecule has 1 aromatic carbocycles. The highest BCUT2D eigenvalue weighted by Gasteiger charge is 2.67. The molecule has 3 aliphatic carbocycles. The van der Waals surface area contributed by atoms with E-state index in [1.165, 1.54) is 24.8 Å². The summed E-state index contributed by atoms with van der Waals surface area (Å²) < 4.78 is 0. The van der Waals surface area contributed by atoms with E-state index in [2.05, 4.69) is 6.92 Å². The van der Waals surface area contributed by atoms with Gasteiger partial charge in [-0.25, -0.2) is 0 Å². The van der Waals surface area contributed by atoms with Gasteiger partial charge in [0.25, 0.3) is 0 Å². The van der Waals surface area contributed by atoms with Crippen molar-refractivity contribution in [1.82, 2.24) is 0 Å². The van der Waals surface area contributed by atoms with Gasteiger partial charge in [-0.05, 0) is 80.0 Å². The van der Waals surface area contributed by atoms with Crippen molar-refractivity contribution in [3.63, 3.8) is 0 Å². The molecule has 4 atom stereocenters. The normalized spacial score (nSPS) is 38.4. The van der Waals surface area contributed by atoms with Crippen molar-refractivity contribution in [1.29, 1.82) is 0 Å². The Bertz CT molecular complexity index is 561. The van der Waals surface area contributed by atoms with E-state index in [-0.39, 0.29) is 0 Å². The maximum absolute atomic E-state index is 12.7. The van der Waals surface area contributed by atoms with Gasteiger partial charge in [0.05, 0.1) is 5.02 Å². The lowest BCUT2D eigenvalue weighted by Crippen LogP contribution is -2.11. The van der Waals surface area contributed by atoms with E-state index in [4.69, 9.17) is 11.6 Å². The summed E-state index contributed by atoms with van der Waals surface area (Å²) in [5, 5.41) is 0.644. The van der Waals surface area contributed by atoms with Gasteiger partial charge in [-0.2, -0.15) is 0 Å². The summed E-state index contributed by atoms with van der Waals surface area (Å²) in [5.74, 6) is 3.70. The molecule has 1 nitrogen and oxygen atoms in total. The second kappa shape index (κ2) is 3.85. The van der Waals surface area contributed by atoms with Crippen LogP contribution in [0.5, 0.6) is 0 Å². The zero-order valence-electron chi connectivity index (χ0n) is 11.4. The molecule has 2 heteroatoms. The Balaban J connectivity index is 1.64. The minimum Gasteiger partial charge on any atom is -0.294 e. The Kier molecular flexibility index (Phi) is 2.42. The van der Waals surface area contributed by atoms with Gasteiger partial charge >= 0.3 is 0 Å². The lowest BCUT2D eigenvalue weighted by molar-refractivity contribution is 0.0944. The number of hydrogen-bond acceptors (Lipinski definition) is 1. The maximum atomic E-state index is 12.7. The minimum atomic E-state index is 0.297. The molecule has 19 heavy (non-hydrogen) atoms. The second-order valence-corrected chi connectivity index (χ2v) is 7.20. The van der Waals surface area contributed by atoms with Crippen molar-refractivity contribution >= 4 is 17.4 Å². The first-order valence-electron chi connectivity index (χ1n) is 7.39. The Labute approximate surface area is 119 Å². The van der Waals surface area contributed by atoms with Gasteiger partial charge in [0.2, 0.25) is 0 Å². The fourth-order valence-corrected chi connectivity index (χ4v) is 5.14. The van der Waals surface area contributed by atoms with E-state index < -0.39 is 0 Å². The van der Waals surface area contributed by atoms with Crippen LogP contribution in [0.15, 0.2) is 12.1 Å². The third-order valence-electron chi connectivity index (χ3n) is 5.89. The molecule has 1 aromatic rings. The van der Waals surface area contributed by atoms with Crippen LogP contribution in [0.2, 0.25) is 5.02 Å². The number of carbonyl (C=O) groups is 1. The fraction of sp³-hybridized carbons (Fsp3) is 0.588. The average Bonchev–Trinajstić information content (AvgIpc) is 2.81. The summed E-state index contributed by atoms with van der Waals surface area (Å²) in [7, 11) is 0. The number of benzene rings is 1. The number of aryl methyl sites for hydroxylation is 2. The van der Waals surface area contributed by atoms with Gasteiger partial charge in [-0.15, -0.1) is 0 Å². The molecule has 0 aromatic heterocycles. The van der Waals surface area contributed by atoms with E-state index >= 15 is 0 Å². The van der Waals surface area contributed by atoms with Gasteiger partial charge in [-0.3, -0.25) is 4.79 Å². The van der Waals surface area contributed by atoms with E-state index in [0.29, 0.717) is 28.6 Å². The van der Waals surface area contributed by atoms with Crippen LogP contribution in [0.1, 0.15) is 40.7 Å². The van der Waals surface area contributed by atoms with Gasteiger partial charge in [-0.1, -0.05) is 11.6 Å². The molecule has 4 rings (SSSR count). The molecular weight excluding hydrogens is 256 g/mol. The van der Waals surface area contributed by atoms with E-state index in [1.807, 2.05) is 19.1 Å². The predicted octanol–water partition coefficient (Wildman–Crippen LogP) is 4.43. The van der Waals surface area contributed by atoms with Crippen LogP contribution in [0.25, 0.3) is 0 Å². The molecular formula is C17H19ClO. The number of hydrogen-bond donors (Lipinski definition) is 0. The van der Waals surface area contributed by atoms with E-state index in [9.17, 15) is 4.79 Å². The zero-order chi connectivity index (χ0) is 13.3. The first-order valence-corrected chi connectivity index (χ1v) is 7.76. The lowest BCUT2D eigenvalue weighted by atomic mass is 9.94. The Hall–Kier alpha value is -0.820. The minimum absolute atomic E-state index is 0.297. The molecule has 0 N–H and O–H groups in total. The Morgan fingerprint density at radius 2 is 1.68 bits per heavy atom. The van der Waals surface area contributed by atoms with Crippen molar-refractivity contribution in [3.05, 3.63) is 33.8 Å². The van der Waals surface area contributed by atoms with Gasteiger partial charge in [0.1, 0.15) is 0 Å². The monoisotopic (exact) mass is 274 g/mol. The number of Topliss-reactive ketones (excluding diaryl/α,β-unsaturated/α-hetero) is 1. The summed E-state index contributed by atoms with van der Waals surface area (Å²) in [5.41, 5.74) is 3.10. The van der Waals surface area contributed by atoms with Crippen molar-refractivity contribution < 1.29 is 4.79 Å². The van der Waals surface area contributed by atoms with Crippen LogP contribution in [0.4, 0.5) is 0 Å². The Morgan fingerprint density at radius 3 is 2.32 bits per heavy atom.